The van der Waals surface area contributed by atoms with E-state index >= 15 is 0 Å². The molecule has 0 radical (unpaired) electrons. The van der Waals surface area contributed by atoms with Gasteiger partial charge in [-0.25, -0.2) is 9.97 Å². The lowest BCUT2D eigenvalue weighted by molar-refractivity contribution is 0.482. The summed E-state index contributed by atoms with van der Waals surface area (Å²) >= 11 is 0. The zero-order chi connectivity index (χ0) is 13.9. The molecular weight excluding hydrogens is 248 g/mol. The first kappa shape index (κ1) is 13.2. The first-order valence-electron chi connectivity index (χ1n) is 7.47. The Morgan fingerprint density at radius 1 is 1.25 bits per heavy atom. The third-order valence-corrected chi connectivity index (χ3v) is 4.33. The van der Waals surface area contributed by atoms with Crippen LogP contribution < -0.4 is 5.32 Å². The predicted molar refractivity (Wildman–Crippen MR) is 81.1 cm³/mol. The van der Waals surface area contributed by atoms with Crippen molar-refractivity contribution < 1.29 is 0 Å². The Hall–Kier alpha value is -1.84. The minimum atomic E-state index is 0.490. The van der Waals surface area contributed by atoms with Crippen molar-refractivity contribution in [3.63, 3.8) is 0 Å². The Bertz CT molecular complexity index is 569. The van der Waals surface area contributed by atoms with E-state index in [9.17, 15) is 0 Å². The highest BCUT2D eigenvalue weighted by Gasteiger charge is 2.22. The topological polar surface area (TPSA) is 42.7 Å². The molecule has 0 spiro atoms. The zero-order valence-corrected chi connectivity index (χ0v) is 12.2. The molecule has 3 rings (SSSR count). The summed E-state index contributed by atoms with van der Waals surface area (Å²) in [4.78, 5) is 8.81. The monoisotopic (exact) mass is 270 g/mol. The lowest BCUT2D eigenvalue weighted by Gasteiger charge is -2.23. The molecule has 1 saturated carbocycles. The van der Waals surface area contributed by atoms with E-state index in [4.69, 9.17) is 0 Å². The smallest absolute Gasteiger partial charge is 0.161 e. The lowest BCUT2D eigenvalue weighted by atomic mass is 9.99. The molecule has 0 bridgehead atoms. The van der Waals surface area contributed by atoms with Crippen LogP contribution in [0, 0.1) is 12.8 Å². The maximum absolute atomic E-state index is 4.52. The first-order valence-corrected chi connectivity index (χ1v) is 7.47. The Morgan fingerprint density at radius 2 is 2.05 bits per heavy atom. The molecule has 20 heavy (non-hydrogen) atoms. The Morgan fingerprint density at radius 3 is 2.75 bits per heavy atom. The van der Waals surface area contributed by atoms with Crippen LogP contribution in [0.5, 0.6) is 0 Å². The summed E-state index contributed by atoms with van der Waals surface area (Å²) in [6.07, 6.45) is 11.0. The van der Waals surface area contributed by atoms with Crippen LogP contribution in [0.4, 0.5) is 5.69 Å². The van der Waals surface area contributed by atoms with Gasteiger partial charge in [-0.15, -0.1) is 0 Å². The second kappa shape index (κ2) is 5.65. The van der Waals surface area contributed by atoms with E-state index < -0.39 is 0 Å². The van der Waals surface area contributed by atoms with Gasteiger partial charge in [0.1, 0.15) is 5.82 Å². The fourth-order valence-corrected chi connectivity index (χ4v) is 3.12. The number of aromatic nitrogens is 3. The fourth-order valence-electron chi connectivity index (χ4n) is 3.12. The molecule has 1 aliphatic rings. The van der Waals surface area contributed by atoms with Gasteiger partial charge in [0.05, 0.1) is 5.69 Å². The molecule has 2 aromatic rings. The third-order valence-electron chi connectivity index (χ3n) is 4.33. The largest absolute Gasteiger partial charge is 0.379 e. The molecule has 1 aliphatic carbocycles. The zero-order valence-electron chi connectivity index (χ0n) is 12.2. The molecule has 2 aromatic heterocycles. The Kier molecular flexibility index (Phi) is 3.72. The van der Waals surface area contributed by atoms with Gasteiger partial charge in [-0.1, -0.05) is 12.8 Å². The molecule has 1 unspecified atom stereocenters. The molecule has 0 aliphatic heterocycles. The minimum Gasteiger partial charge on any atom is -0.379 e. The van der Waals surface area contributed by atoms with Crippen LogP contribution in [0.15, 0.2) is 30.7 Å². The standard InChI is InChI=1S/C16H22N4/c1-12(14-6-3-4-7-14)19-15-8-5-9-18-16(15)20-11-10-17-13(20)2/h5,8-12,14,19H,3-4,6-7H2,1-2H3. The van der Waals surface area contributed by atoms with Crippen LogP contribution in [-0.2, 0) is 0 Å². The summed E-state index contributed by atoms with van der Waals surface area (Å²) in [6.45, 7) is 4.28. The average molecular weight is 270 g/mol. The Balaban J connectivity index is 1.84. The highest BCUT2D eigenvalue weighted by Crippen LogP contribution is 2.30. The number of aryl methyl sites for hydroxylation is 1. The SMILES string of the molecule is Cc1nccn1-c1ncccc1NC(C)C1CCCC1. The maximum atomic E-state index is 4.52. The minimum absolute atomic E-state index is 0.490. The van der Waals surface area contributed by atoms with Crippen LogP contribution >= 0.6 is 0 Å². The van der Waals surface area contributed by atoms with Crippen molar-refractivity contribution in [2.75, 3.05) is 5.32 Å². The van der Waals surface area contributed by atoms with Crippen LogP contribution in [-0.4, -0.2) is 20.6 Å². The summed E-state index contributed by atoms with van der Waals surface area (Å²) in [5, 5.41) is 3.66. The van der Waals surface area contributed by atoms with Gasteiger partial charge in [-0.05, 0) is 44.7 Å². The number of nitrogens with one attached hydrogen (secondary N) is 1. The molecule has 4 heteroatoms. The summed E-state index contributed by atoms with van der Waals surface area (Å²) in [6, 6.07) is 4.58. The van der Waals surface area contributed by atoms with Gasteiger partial charge in [0, 0.05) is 24.6 Å². The highest BCUT2D eigenvalue weighted by molar-refractivity contribution is 5.57. The Labute approximate surface area is 120 Å². The molecule has 1 fully saturated rings. The van der Waals surface area contributed by atoms with Gasteiger partial charge in [0.2, 0.25) is 0 Å². The number of hydrogen-bond donors (Lipinski definition) is 1. The van der Waals surface area contributed by atoms with Crippen molar-refractivity contribution in [1.29, 1.82) is 0 Å². The van der Waals surface area contributed by atoms with Gasteiger partial charge in [0.25, 0.3) is 0 Å². The second-order valence-corrected chi connectivity index (χ2v) is 5.70. The third kappa shape index (κ3) is 2.55. The van der Waals surface area contributed by atoms with Gasteiger partial charge < -0.3 is 5.32 Å². The van der Waals surface area contributed by atoms with E-state index in [2.05, 4.69) is 28.3 Å². The first-order chi connectivity index (χ1) is 9.75. The van der Waals surface area contributed by atoms with Crippen molar-refractivity contribution in [1.82, 2.24) is 14.5 Å². The van der Waals surface area contributed by atoms with E-state index in [0.717, 1.165) is 23.2 Å². The number of rotatable bonds is 4. The second-order valence-electron chi connectivity index (χ2n) is 5.70. The van der Waals surface area contributed by atoms with E-state index in [1.165, 1.54) is 25.7 Å². The van der Waals surface area contributed by atoms with Crippen molar-refractivity contribution in [3.05, 3.63) is 36.5 Å². The van der Waals surface area contributed by atoms with Gasteiger partial charge >= 0.3 is 0 Å². The molecule has 4 nitrogen and oxygen atoms in total. The highest BCUT2D eigenvalue weighted by atomic mass is 15.1. The van der Waals surface area contributed by atoms with E-state index in [1.54, 1.807) is 0 Å². The molecule has 0 aromatic carbocycles. The molecule has 106 valence electrons. The summed E-state index contributed by atoms with van der Waals surface area (Å²) in [7, 11) is 0. The van der Waals surface area contributed by atoms with Crippen molar-refractivity contribution >= 4 is 5.69 Å². The molecule has 2 heterocycles. The quantitative estimate of drug-likeness (QED) is 0.923. The molecule has 1 N–H and O–H groups in total. The summed E-state index contributed by atoms with van der Waals surface area (Å²) in [5.41, 5.74) is 1.09. The lowest BCUT2D eigenvalue weighted by Crippen LogP contribution is -2.24. The van der Waals surface area contributed by atoms with Crippen molar-refractivity contribution in [3.8, 4) is 5.82 Å². The van der Waals surface area contributed by atoms with Crippen molar-refractivity contribution in [2.45, 2.75) is 45.6 Å². The van der Waals surface area contributed by atoms with Crippen LogP contribution in [0.1, 0.15) is 38.4 Å². The summed E-state index contributed by atoms with van der Waals surface area (Å²) < 4.78 is 2.03. The van der Waals surface area contributed by atoms with Crippen LogP contribution in [0.2, 0.25) is 0 Å². The summed E-state index contributed by atoms with van der Waals surface area (Å²) in [5.74, 6) is 2.68. The van der Waals surface area contributed by atoms with Crippen molar-refractivity contribution in [2.24, 2.45) is 5.92 Å². The van der Waals surface area contributed by atoms with E-state index in [0.29, 0.717) is 6.04 Å². The van der Waals surface area contributed by atoms with Crippen LogP contribution in [0.3, 0.4) is 0 Å². The molecular formula is C16H22N4. The number of hydrogen-bond acceptors (Lipinski definition) is 3. The number of pyridine rings is 1. The molecule has 0 amide bonds. The fraction of sp³-hybridized carbons (Fsp3) is 0.500. The van der Waals surface area contributed by atoms with Gasteiger partial charge in [-0.3, -0.25) is 4.57 Å². The van der Waals surface area contributed by atoms with E-state index in [-0.39, 0.29) is 0 Å². The normalized spacial score (nSPS) is 17.3. The molecule has 1 atom stereocenters. The van der Waals surface area contributed by atoms with E-state index in [1.807, 2.05) is 36.1 Å². The molecule has 0 saturated heterocycles. The number of anilines is 1. The van der Waals surface area contributed by atoms with Gasteiger partial charge in [-0.2, -0.15) is 0 Å². The number of imidazole rings is 1. The predicted octanol–water partition coefficient (Wildman–Crippen LogP) is 3.57. The van der Waals surface area contributed by atoms with Crippen LogP contribution in [0.25, 0.3) is 5.82 Å². The maximum Gasteiger partial charge on any atom is 0.161 e. The van der Waals surface area contributed by atoms with Gasteiger partial charge in [0.15, 0.2) is 5.82 Å². The number of nitrogens with zero attached hydrogens (tertiary/aromatic N) is 3. The average Bonchev–Trinajstić information content (AvgIpc) is 3.10.